The van der Waals surface area contributed by atoms with Crippen molar-refractivity contribution in [1.82, 2.24) is 4.98 Å². The summed E-state index contributed by atoms with van der Waals surface area (Å²) < 4.78 is 6.13. The maximum atomic E-state index is 12.3. The highest BCUT2D eigenvalue weighted by atomic mass is 16.5. The van der Waals surface area contributed by atoms with Gasteiger partial charge in [-0.25, -0.2) is 4.98 Å². The number of fused-ring (bicyclic) bond motifs is 1. The molecule has 0 aliphatic heterocycles. The van der Waals surface area contributed by atoms with E-state index >= 15 is 0 Å². The molecule has 0 N–H and O–H groups in total. The highest BCUT2D eigenvalue weighted by Crippen LogP contribution is 2.22. The van der Waals surface area contributed by atoms with Gasteiger partial charge in [-0.05, 0) is 25.1 Å². The van der Waals surface area contributed by atoms with Crippen LogP contribution in [0.15, 0.2) is 54.6 Å². The Bertz CT molecular complexity index is 842. The number of hydrogen-bond donors (Lipinski definition) is 0. The molecule has 0 saturated heterocycles. The molecule has 2 aromatic carbocycles. The third-order valence-electron chi connectivity index (χ3n) is 3.42. The maximum Gasteiger partial charge on any atom is 0.227 e. The molecular formula is C18H16N2O2. The van der Waals surface area contributed by atoms with E-state index in [1.54, 1.807) is 19.2 Å². The van der Waals surface area contributed by atoms with Crippen LogP contribution in [0, 0.1) is 12.1 Å². The van der Waals surface area contributed by atoms with Gasteiger partial charge in [0.05, 0.1) is 12.6 Å². The van der Waals surface area contributed by atoms with Crippen LogP contribution in [-0.4, -0.2) is 23.0 Å². The molecule has 4 nitrogen and oxygen atoms in total. The topological polar surface area (TPSA) is 48.2 Å². The first-order valence-corrected chi connectivity index (χ1v) is 6.99. The summed E-state index contributed by atoms with van der Waals surface area (Å²) in [5.74, 6) is 0.438. The van der Waals surface area contributed by atoms with Gasteiger partial charge < -0.3 is 9.94 Å². The van der Waals surface area contributed by atoms with E-state index in [-0.39, 0.29) is 0 Å². The standard InChI is InChI=1S/C18H16N2O2/c1-13-8-9-17-14(10-13)11-15(18(19-17)22-2)12-20(21)16-6-4-3-5-7-16/h3-12H,1-2H3/b20-12-. The lowest BCUT2D eigenvalue weighted by atomic mass is 10.1. The number of aromatic nitrogens is 1. The molecule has 0 radical (unpaired) electrons. The molecule has 0 atom stereocenters. The Morgan fingerprint density at radius 2 is 1.86 bits per heavy atom. The van der Waals surface area contributed by atoms with Crippen molar-refractivity contribution in [3.05, 3.63) is 70.9 Å². The normalized spacial score (nSPS) is 11.6. The van der Waals surface area contributed by atoms with Gasteiger partial charge in [-0.2, -0.15) is 4.74 Å². The number of hydrogen-bond acceptors (Lipinski definition) is 3. The van der Waals surface area contributed by atoms with Gasteiger partial charge in [0, 0.05) is 17.5 Å². The van der Waals surface area contributed by atoms with Gasteiger partial charge in [0.15, 0.2) is 6.21 Å². The maximum absolute atomic E-state index is 12.3. The second-order valence-corrected chi connectivity index (χ2v) is 5.07. The summed E-state index contributed by atoms with van der Waals surface area (Å²) in [6, 6.07) is 17.0. The summed E-state index contributed by atoms with van der Waals surface area (Å²) in [7, 11) is 1.55. The monoisotopic (exact) mass is 292 g/mol. The van der Waals surface area contributed by atoms with Gasteiger partial charge >= 0.3 is 0 Å². The summed E-state index contributed by atoms with van der Waals surface area (Å²) >= 11 is 0. The van der Waals surface area contributed by atoms with Crippen molar-refractivity contribution < 1.29 is 9.48 Å². The van der Waals surface area contributed by atoms with Crippen LogP contribution in [0.3, 0.4) is 0 Å². The molecule has 0 aliphatic rings. The Morgan fingerprint density at radius 1 is 1.09 bits per heavy atom. The number of rotatable bonds is 3. The van der Waals surface area contributed by atoms with Crippen LogP contribution in [-0.2, 0) is 0 Å². The molecule has 3 rings (SSSR count). The molecule has 0 aliphatic carbocycles. The van der Waals surface area contributed by atoms with Crippen molar-refractivity contribution in [1.29, 1.82) is 0 Å². The average Bonchev–Trinajstić information content (AvgIpc) is 2.55. The van der Waals surface area contributed by atoms with Crippen molar-refractivity contribution in [2.75, 3.05) is 7.11 Å². The summed E-state index contributed by atoms with van der Waals surface area (Å²) in [5.41, 5.74) is 3.21. The summed E-state index contributed by atoms with van der Waals surface area (Å²) in [6.45, 7) is 2.02. The molecule has 3 aromatic rings. The predicted molar refractivity (Wildman–Crippen MR) is 87.9 cm³/mol. The highest BCUT2D eigenvalue weighted by molar-refractivity contribution is 5.89. The number of para-hydroxylation sites is 1. The van der Waals surface area contributed by atoms with E-state index in [0.717, 1.165) is 21.2 Å². The zero-order valence-electron chi connectivity index (χ0n) is 12.5. The Labute approximate surface area is 128 Å². The lowest BCUT2D eigenvalue weighted by Gasteiger charge is -2.07. The molecule has 0 saturated carbocycles. The van der Waals surface area contributed by atoms with Crippen LogP contribution in [0.5, 0.6) is 5.88 Å². The van der Waals surface area contributed by atoms with Gasteiger partial charge in [0.1, 0.15) is 5.56 Å². The van der Waals surface area contributed by atoms with Crippen molar-refractivity contribution in [3.63, 3.8) is 0 Å². The molecule has 110 valence electrons. The molecule has 0 unspecified atom stereocenters. The van der Waals surface area contributed by atoms with Gasteiger partial charge in [-0.15, -0.1) is 0 Å². The number of aryl methyl sites for hydroxylation is 1. The largest absolute Gasteiger partial charge is 0.618 e. The van der Waals surface area contributed by atoms with E-state index < -0.39 is 0 Å². The third kappa shape index (κ3) is 2.76. The minimum atomic E-state index is 0.438. The molecule has 1 aromatic heterocycles. The third-order valence-corrected chi connectivity index (χ3v) is 3.42. The number of benzene rings is 2. The molecule has 22 heavy (non-hydrogen) atoms. The molecule has 0 fully saturated rings. The van der Waals surface area contributed by atoms with Crippen molar-refractivity contribution in [2.24, 2.45) is 0 Å². The summed E-state index contributed by atoms with van der Waals surface area (Å²) in [6.07, 6.45) is 1.49. The van der Waals surface area contributed by atoms with Crippen LogP contribution in [0.1, 0.15) is 11.1 Å². The number of methoxy groups -OCH3 is 1. The summed E-state index contributed by atoms with van der Waals surface area (Å²) in [4.78, 5) is 4.46. The SMILES string of the molecule is COc1nc2ccc(C)cc2cc1/C=[N+](\[O-])c1ccccc1. The fraction of sp³-hybridized carbons (Fsp3) is 0.111. The van der Waals surface area contributed by atoms with E-state index in [1.807, 2.05) is 49.4 Å². The van der Waals surface area contributed by atoms with Crippen molar-refractivity contribution in [3.8, 4) is 5.88 Å². The van der Waals surface area contributed by atoms with E-state index in [0.29, 0.717) is 17.1 Å². The first-order valence-electron chi connectivity index (χ1n) is 6.99. The fourth-order valence-electron chi connectivity index (χ4n) is 2.33. The van der Waals surface area contributed by atoms with Crippen LogP contribution >= 0.6 is 0 Å². The van der Waals surface area contributed by atoms with E-state index in [1.165, 1.54) is 6.21 Å². The zero-order chi connectivity index (χ0) is 15.5. The highest BCUT2D eigenvalue weighted by Gasteiger charge is 2.10. The zero-order valence-corrected chi connectivity index (χ0v) is 12.5. The van der Waals surface area contributed by atoms with E-state index in [9.17, 15) is 5.21 Å². The van der Waals surface area contributed by atoms with Crippen molar-refractivity contribution >= 4 is 22.8 Å². The number of pyridine rings is 1. The Kier molecular flexibility index (Phi) is 3.74. The second-order valence-electron chi connectivity index (χ2n) is 5.07. The van der Waals surface area contributed by atoms with E-state index in [4.69, 9.17) is 4.74 Å². The Morgan fingerprint density at radius 3 is 2.59 bits per heavy atom. The molecule has 1 heterocycles. The Hall–Kier alpha value is -2.88. The quantitative estimate of drug-likeness (QED) is 0.319. The summed E-state index contributed by atoms with van der Waals surface area (Å²) in [5, 5.41) is 13.2. The van der Waals surface area contributed by atoms with Crippen LogP contribution in [0.25, 0.3) is 10.9 Å². The molecule has 0 spiro atoms. The Balaban J connectivity index is 2.13. The first kappa shape index (κ1) is 14.1. The predicted octanol–water partition coefficient (Wildman–Crippen LogP) is 3.81. The smallest absolute Gasteiger partial charge is 0.227 e. The van der Waals surface area contributed by atoms with Gasteiger partial charge in [0.2, 0.25) is 11.6 Å². The number of ether oxygens (including phenoxy) is 1. The number of nitrogens with zero attached hydrogens (tertiary/aromatic N) is 2. The first-order chi connectivity index (χ1) is 10.7. The van der Waals surface area contributed by atoms with Crippen LogP contribution in [0.2, 0.25) is 0 Å². The molecular weight excluding hydrogens is 276 g/mol. The van der Waals surface area contributed by atoms with Gasteiger partial charge in [-0.1, -0.05) is 29.8 Å². The van der Waals surface area contributed by atoms with Crippen LogP contribution < -0.4 is 4.74 Å². The average molecular weight is 292 g/mol. The second kappa shape index (κ2) is 5.85. The lowest BCUT2D eigenvalue weighted by molar-refractivity contribution is -0.354. The van der Waals surface area contributed by atoms with Gasteiger partial charge in [-0.3, -0.25) is 0 Å². The van der Waals surface area contributed by atoms with E-state index in [2.05, 4.69) is 4.98 Å². The lowest BCUT2D eigenvalue weighted by Crippen LogP contribution is -2.02. The molecule has 0 bridgehead atoms. The van der Waals surface area contributed by atoms with Crippen molar-refractivity contribution in [2.45, 2.75) is 6.92 Å². The van der Waals surface area contributed by atoms with Gasteiger partial charge in [0.25, 0.3) is 0 Å². The molecule has 0 amide bonds. The molecule has 4 heteroatoms. The van der Waals surface area contributed by atoms with Crippen LogP contribution in [0.4, 0.5) is 5.69 Å². The minimum absolute atomic E-state index is 0.438. The minimum Gasteiger partial charge on any atom is -0.618 e. The fourth-order valence-corrected chi connectivity index (χ4v) is 2.33.